The Kier molecular flexibility index (Phi) is 4.93. The minimum Gasteiger partial charge on any atom is -0.342 e. The molecule has 0 radical (unpaired) electrons. The lowest BCUT2D eigenvalue weighted by Crippen LogP contribution is -2.70. The summed E-state index contributed by atoms with van der Waals surface area (Å²) in [7, 11) is 0. The van der Waals surface area contributed by atoms with Gasteiger partial charge in [-0.2, -0.15) is 0 Å². The molecule has 2 aliphatic heterocycles. The summed E-state index contributed by atoms with van der Waals surface area (Å²) < 4.78 is 27.3. The Morgan fingerprint density at radius 1 is 1.31 bits per heavy atom. The molecule has 3 atom stereocenters. The first kappa shape index (κ1) is 18.3. The molecular formula is C18H21F2N3O3. The molecule has 26 heavy (non-hydrogen) atoms. The smallest absolute Gasteiger partial charge is 0.257 e. The van der Waals surface area contributed by atoms with Gasteiger partial charge >= 0.3 is 0 Å². The molecule has 3 amide bonds. The Morgan fingerprint density at radius 3 is 2.73 bits per heavy atom. The van der Waals surface area contributed by atoms with Crippen LogP contribution in [0.4, 0.5) is 8.78 Å². The molecule has 1 N–H and O–H groups in total. The maximum atomic E-state index is 13.9. The molecule has 0 aliphatic carbocycles. The Bertz CT molecular complexity index is 755. The molecule has 140 valence electrons. The van der Waals surface area contributed by atoms with Gasteiger partial charge < -0.3 is 15.1 Å². The average molecular weight is 365 g/mol. The summed E-state index contributed by atoms with van der Waals surface area (Å²) in [5, 5.41) is 2.73. The third-order valence-electron chi connectivity index (χ3n) is 5.21. The molecule has 1 aromatic carbocycles. The van der Waals surface area contributed by atoms with Crippen molar-refractivity contribution in [3.05, 3.63) is 35.4 Å². The van der Waals surface area contributed by atoms with Crippen LogP contribution in [0.1, 0.15) is 30.6 Å². The number of nitrogens with one attached hydrogen (secondary N) is 1. The van der Waals surface area contributed by atoms with Gasteiger partial charge in [0.15, 0.2) is 11.6 Å². The summed E-state index contributed by atoms with van der Waals surface area (Å²) in [6.07, 6.45) is 0.749. The maximum Gasteiger partial charge on any atom is 0.257 e. The lowest BCUT2D eigenvalue weighted by atomic mass is 9.93. The maximum absolute atomic E-state index is 13.9. The van der Waals surface area contributed by atoms with E-state index in [0.717, 1.165) is 12.5 Å². The summed E-state index contributed by atoms with van der Waals surface area (Å²) in [6.45, 7) is 4.15. The van der Waals surface area contributed by atoms with Crippen LogP contribution in [0.3, 0.4) is 0 Å². The molecule has 0 saturated carbocycles. The summed E-state index contributed by atoms with van der Waals surface area (Å²) >= 11 is 0. The van der Waals surface area contributed by atoms with Crippen molar-refractivity contribution in [3.8, 4) is 0 Å². The first-order valence-corrected chi connectivity index (χ1v) is 8.69. The van der Waals surface area contributed by atoms with Crippen LogP contribution in [0.15, 0.2) is 18.2 Å². The van der Waals surface area contributed by atoms with E-state index < -0.39 is 29.6 Å². The predicted molar refractivity (Wildman–Crippen MR) is 89.1 cm³/mol. The zero-order chi connectivity index (χ0) is 19.0. The van der Waals surface area contributed by atoms with Gasteiger partial charge in [0.1, 0.15) is 12.1 Å². The second-order valence-corrected chi connectivity index (χ2v) is 6.77. The standard InChI is InChI=1S/C18H21F2N3O3/c1-3-10(2)15-18(26)23-8-7-22(9-13(23)16(24)21-15)17(25)11-5-4-6-12(19)14(11)20/h4-6,10,13,15H,3,7-9H2,1-2H3,(H,21,24)/t10-,13+,15-/m0/s1. The van der Waals surface area contributed by atoms with Gasteiger partial charge in [-0.15, -0.1) is 0 Å². The third kappa shape index (κ3) is 3.04. The summed E-state index contributed by atoms with van der Waals surface area (Å²) in [5.41, 5.74) is -0.376. The van der Waals surface area contributed by atoms with E-state index in [2.05, 4.69) is 5.32 Å². The second-order valence-electron chi connectivity index (χ2n) is 6.77. The van der Waals surface area contributed by atoms with Crippen LogP contribution in [-0.4, -0.2) is 59.2 Å². The lowest BCUT2D eigenvalue weighted by Gasteiger charge is -2.46. The van der Waals surface area contributed by atoms with E-state index in [9.17, 15) is 23.2 Å². The lowest BCUT2D eigenvalue weighted by molar-refractivity contribution is -0.153. The molecule has 0 unspecified atom stereocenters. The number of carbonyl (C=O) groups excluding carboxylic acids is 3. The van der Waals surface area contributed by atoms with Crippen molar-refractivity contribution < 1.29 is 23.2 Å². The van der Waals surface area contributed by atoms with E-state index in [-0.39, 0.29) is 42.9 Å². The van der Waals surface area contributed by atoms with E-state index in [1.807, 2.05) is 13.8 Å². The second kappa shape index (κ2) is 7.01. The van der Waals surface area contributed by atoms with Crippen molar-refractivity contribution >= 4 is 17.7 Å². The van der Waals surface area contributed by atoms with Gasteiger partial charge in [-0.3, -0.25) is 14.4 Å². The fraction of sp³-hybridized carbons (Fsp3) is 0.500. The largest absolute Gasteiger partial charge is 0.342 e. The van der Waals surface area contributed by atoms with Crippen LogP contribution in [0.2, 0.25) is 0 Å². The molecule has 2 fully saturated rings. The Labute approximate surface area is 150 Å². The summed E-state index contributed by atoms with van der Waals surface area (Å²) in [4.78, 5) is 40.4. The fourth-order valence-electron chi connectivity index (χ4n) is 3.41. The number of amides is 3. The molecule has 3 rings (SSSR count). The van der Waals surface area contributed by atoms with Gasteiger partial charge in [0.05, 0.1) is 12.1 Å². The fourth-order valence-corrected chi connectivity index (χ4v) is 3.41. The molecule has 0 aromatic heterocycles. The van der Waals surface area contributed by atoms with E-state index >= 15 is 0 Å². The quantitative estimate of drug-likeness (QED) is 0.874. The molecule has 2 saturated heterocycles. The van der Waals surface area contributed by atoms with Gasteiger partial charge in [0, 0.05) is 13.1 Å². The zero-order valence-corrected chi connectivity index (χ0v) is 14.7. The Morgan fingerprint density at radius 2 is 2.04 bits per heavy atom. The van der Waals surface area contributed by atoms with Crippen molar-refractivity contribution in [2.24, 2.45) is 5.92 Å². The van der Waals surface area contributed by atoms with Crippen LogP contribution >= 0.6 is 0 Å². The van der Waals surface area contributed by atoms with E-state index in [0.29, 0.717) is 0 Å². The molecule has 0 spiro atoms. The van der Waals surface area contributed by atoms with Crippen molar-refractivity contribution in [1.82, 2.24) is 15.1 Å². The molecule has 8 heteroatoms. The van der Waals surface area contributed by atoms with Crippen molar-refractivity contribution in [1.29, 1.82) is 0 Å². The number of benzene rings is 1. The first-order valence-electron chi connectivity index (χ1n) is 8.69. The van der Waals surface area contributed by atoms with Gasteiger partial charge in [0.2, 0.25) is 11.8 Å². The number of nitrogens with zero attached hydrogens (tertiary/aromatic N) is 2. The number of piperazine rings is 2. The van der Waals surface area contributed by atoms with Gasteiger partial charge in [-0.1, -0.05) is 26.3 Å². The average Bonchev–Trinajstić information content (AvgIpc) is 2.65. The molecular weight excluding hydrogens is 344 g/mol. The Balaban J connectivity index is 1.78. The van der Waals surface area contributed by atoms with Crippen molar-refractivity contribution in [3.63, 3.8) is 0 Å². The monoisotopic (exact) mass is 365 g/mol. The Hall–Kier alpha value is -2.51. The molecule has 2 aliphatic rings. The van der Waals surface area contributed by atoms with E-state index in [1.54, 1.807) is 0 Å². The molecule has 2 heterocycles. The summed E-state index contributed by atoms with van der Waals surface area (Å²) in [6, 6.07) is 2.03. The highest BCUT2D eigenvalue weighted by molar-refractivity contribution is 5.99. The normalized spacial score (nSPS) is 24.2. The predicted octanol–water partition coefficient (Wildman–Crippen LogP) is 1.16. The van der Waals surface area contributed by atoms with Gasteiger partial charge in [-0.25, -0.2) is 8.78 Å². The van der Waals surface area contributed by atoms with Crippen LogP contribution in [0.5, 0.6) is 0 Å². The SMILES string of the molecule is CC[C@H](C)[C@@H]1NC(=O)[C@H]2CN(C(=O)c3cccc(F)c3F)CCN2C1=O. The van der Waals surface area contributed by atoms with Crippen LogP contribution < -0.4 is 5.32 Å². The highest BCUT2D eigenvalue weighted by atomic mass is 19.2. The minimum absolute atomic E-state index is 0.00783. The highest BCUT2D eigenvalue weighted by Gasteiger charge is 2.45. The number of rotatable bonds is 3. The third-order valence-corrected chi connectivity index (χ3v) is 5.21. The summed E-state index contributed by atoms with van der Waals surface area (Å²) in [5.74, 6) is -3.48. The zero-order valence-electron chi connectivity index (χ0n) is 14.7. The molecule has 0 bridgehead atoms. The highest BCUT2D eigenvalue weighted by Crippen LogP contribution is 2.23. The van der Waals surface area contributed by atoms with Crippen molar-refractivity contribution in [2.45, 2.75) is 32.4 Å². The molecule has 1 aromatic rings. The molecule has 6 nitrogen and oxygen atoms in total. The van der Waals surface area contributed by atoms with Gasteiger partial charge in [-0.05, 0) is 18.1 Å². The first-order chi connectivity index (χ1) is 12.3. The van der Waals surface area contributed by atoms with Crippen molar-refractivity contribution in [2.75, 3.05) is 19.6 Å². The van der Waals surface area contributed by atoms with E-state index in [4.69, 9.17) is 0 Å². The van der Waals surface area contributed by atoms with Crippen LogP contribution in [-0.2, 0) is 9.59 Å². The number of halogens is 2. The number of fused-ring (bicyclic) bond motifs is 1. The topological polar surface area (TPSA) is 69.7 Å². The minimum atomic E-state index is -1.21. The van der Waals surface area contributed by atoms with E-state index in [1.165, 1.54) is 21.9 Å². The number of hydrogen-bond acceptors (Lipinski definition) is 3. The van der Waals surface area contributed by atoms with Crippen LogP contribution in [0, 0.1) is 17.6 Å². The van der Waals surface area contributed by atoms with Crippen LogP contribution in [0.25, 0.3) is 0 Å². The number of carbonyl (C=O) groups is 3. The van der Waals surface area contributed by atoms with Gasteiger partial charge in [0.25, 0.3) is 5.91 Å². The number of hydrogen-bond donors (Lipinski definition) is 1.